The first-order chi connectivity index (χ1) is 7.45. The van der Waals surface area contributed by atoms with Gasteiger partial charge in [-0.2, -0.15) is 0 Å². The van der Waals surface area contributed by atoms with Crippen molar-refractivity contribution in [1.82, 2.24) is 0 Å². The molecule has 0 aromatic carbocycles. The van der Waals surface area contributed by atoms with Crippen molar-refractivity contribution in [2.24, 2.45) is 0 Å². The van der Waals surface area contributed by atoms with E-state index >= 15 is 0 Å². The predicted molar refractivity (Wildman–Crippen MR) is 74.7 cm³/mol. The van der Waals surface area contributed by atoms with E-state index in [1.54, 1.807) is 6.66 Å². The predicted octanol–water partition coefficient (Wildman–Crippen LogP) is 0.430. The minimum atomic E-state index is -4.12. The van der Waals surface area contributed by atoms with Gasteiger partial charge in [-0.15, -0.1) is 0 Å². The molecule has 0 radical (unpaired) electrons. The quantitative estimate of drug-likeness (QED) is 0.546. The summed E-state index contributed by atoms with van der Waals surface area (Å²) in [5, 5.41) is 0. The summed E-state index contributed by atoms with van der Waals surface area (Å²) in [5.74, 6) is 0. The van der Waals surface area contributed by atoms with Crippen LogP contribution in [0.1, 0.15) is 12.8 Å². The van der Waals surface area contributed by atoms with Gasteiger partial charge >= 0.3 is 170 Å². The van der Waals surface area contributed by atoms with E-state index in [4.69, 9.17) is 8.19 Å². The first-order valence-electron chi connectivity index (χ1n) is 4.96. The number of hydrogen-bond donors (Lipinski definition) is 2. The average Bonchev–Trinajstić information content (AvgIpc) is 2.74. The molecule has 0 bridgehead atoms. The van der Waals surface area contributed by atoms with Gasteiger partial charge in [0, 0.05) is 0 Å². The fourth-order valence-corrected chi connectivity index (χ4v) is 5.64. The maximum absolute atomic E-state index is 9.39. The molecule has 0 saturated carbocycles. The van der Waals surface area contributed by atoms with Crippen LogP contribution in [0.2, 0.25) is 5.71 Å². The van der Waals surface area contributed by atoms with Crippen molar-refractivity contribution in [3.8, 4) is 0 Å². The van der Waals surface area contributed by atoms with E-state index in [0.717, 1.165) is 5.71 Å². The Kier molecular flexibility index (Phi) is 14.6. The van der Waals surface area contributed by atoms with Crippen LogP contribution in [-0.2, 0) is 26.6 Å². The molecule has 2 rings (SSSR count). The van der Waals surface area contributed by atoms with Crippen LogP contribution in [0.15, 0.2) is 43.1 Å². The molecule has 0 saturated heterocycles. The van der Waals surface area contributed by atoms with Crippen molar-refractivity contribution in [2.75, 3.05) is 0 Å². The summed E-state index contributed by atoms with van der Waals surface area (Å²) in [5.41, 5.74) is 0.915. The van der Waals surface area contributed by atoms with E-state index in [-0.39, 0.29) is 59.1 Å². The molecule has 0 unspecified atom stereocenters. The molecule has 90 valence electrons. The van der Waals surface area contributed by atoms with Crippen molar-refractivity contribution in [1.29, 1.82) is 0 Å². The summed E-state index contributed by atoms with van der Waals surface area (Å²) in [6, 6.07) is 0. The van der Waals surface area contributed by atoms with Crippen molar-refractivity contribution < 1.29 is 34.8 Å². The number of rotatable bonds is 2. The summed E-state index contributed by atoms with van der Waals surface area (Å²) in [4.78, 5) is 0. The summed E-state index contributed by atoms with van der Waals surface area (Å²) in [6.07, 6.45) is 16.1. The molecular formula is C11H17AsHfNa2O3. The van der Waals surface area contributed by atoms with Crippen molar-refractivity contribution in [2.45, 2.75) is 18.6 Å². The summed E-state index contributed by atoms with van der Waals surface area (Å²) < 4.78 is 28.3. The molecule has 0 aromatic heterocycles. The fraction of sp³-hybridized carbons (Fsp3) is 0.273. The van der Waals surface area contributed by atoms with Gasteiger partial charge in [0.1, 0.15) is 0 Å². The van der Waals surface area contributed by atoms with Gasteiger partial charge in [0.25, 0.3) is 0 Å². The fourth-order valence-electron chi connectivity index (χ4n) is 1.29. The van der Waals surface area contributed by atoms with Gasteiger partial charge in [0.2, 0.25) is 0 Å². The third kappa shape index (κ3) is 13.1. The first-order valence-corrected chi connectivity index (χ1v) is 12.9. The van der Waals surface area contributed by atoms with Crippen LogP contribution in [0.5, 0.6) is 0 Å². The number of hydrogen-bond acceptors (Lipinski definition) is 1. The van der Waals surface area contributed by atoms with Gasteiger partial charge in [-0.3, -0.25) is 0 Å². The van der Waals surface area contributed by atoms with E-state index < -0.39 is 37.1 Å². The van der Waals surface area contributed by atoms with E-state index in [0.29, 0.717) is 0 Å². The second-order valence-electron chi connectivity index (χ2n) is 3.61. The van der Waals surface area contributed by atoms with Gasteiger partial charge in [-0.05, 0) is 0 Å². The topological polar surface area (TPSA) is 57.5 Å². The van der Waals surface area contributed by atoms with Crippen LogP contribution in [-0.4, -0.2) is 81.5 Å². The molecule has 0 aliphatic heterocycles. The van der Waals surface area contributed by atoms with Crippen LogP contribution in [0.3, 0.4) is 0 Å². The normalized spacial score (nSPS) is 15.7. The van der Waals surface area contributed by atoms with E-state index in [2.05, 4.69) is 36.5 Å². The Morgan fingerprint density at radius 3 is 1.61 bits per heavy atom. The zero-order valence-electron chi connectivity index (χ0n) is 9.13. The van der Waals surface area contributed by atoms with Crippen molar-refractivity contribution >= 4 is 73.3 Å². The molecular weight excluding hydrogens is 480 g/mol. The second-order valence-corrected chi connectivity index (χ2v) is 12.6. The third-order valence-corrected chi connectivity index (χ3v) is 6.84. The Morgan fingerprint density at radius 1 is 1.06 bits per heavy atom. The van der Waals surface area contributed by atoms with Gasteiger partial charge in [0.05, 0.1) is 0 Å². The molecule has 7 heteroatoms. The Balaban J connectivity index is 0. The Hall–Kier alpha value is 2.11. The molecule has 0 fully saturated rings. The molecule has 2 aliphatic carbocycles. The maximum atomic E-state index is 9.39. The molecule has 0 atom stereocenters. The minimum absolute atomic E-state index is 0. The molecule has 2 N–H and O–H groups in total. The summed E-state index contributed by atoms with van der Waals surface area (Å²) >= 11 is -4.65. The first kappa shape index (κ1) is 22.4. The van der Waals surface area contributed by atoms with Crippen LogP contribution in [0.4, 0.5) is 0 Å². The average molecular weight is 497 g/mol. The standard InChI is InChI=1S/2C5H5.CH5AsO3.Hf.2Na.2H/c2*1-2-4-5-3-1;1-2(3,4)5;;;;;/h2*1-3H,4H2;1H3,(H2,3,4,5);;;;;. The molecule has 0 aromatic rings. The van der Waals surface area contributed by atoms with Gasteiger partial charge < -0.3 is 0 Å². The van der Waals surface area contributed by atoms with Crippen molar-refractivity contribution in [3.05, 3.63) is 43.1 Å². The second kappa shape index (κ2) is 11.7. The molecule has 18 heavy (non-hydrogen) atoms. The van der Waals surface area contributed by atoms with Crippen LogP contribution < -0.4 is 0 Å². The van der Waals surface area contributed by atoms with E-state index in [1.807, 2.05) is 0 Å². The third-order valence-electron chi connectivity index (χ3n) is 1.86. The Morgan fingerprint density at radius 2 is 1.39 bits per heavy atom. The van der Waals surface area contributed by atoms with Crippen LogP contribution >= 0.6 is 0 Å². The van der Waals surface area contributed by atoms with Crippen LogP contribution in [0, 0.1) is 0 Å². The van der Waals surface area contributed by atoms with Crippen molar-refractivity contribution in [3.63, 3.8) is 0 Å². The molecule has 2 aliphatic rings. The zero-order chi connectivity index (χ0) is 12.0. The van der Waals surface area contributed by atoms with Gasteiger partial charge in [-0.1, -0.05) is 0 Å². The monoisotopic (exact) mass is 498 g/mol. The van der Waals surface area contributed by atoms with Crippen LogP contribution in [0.25, 0.3) is 0 Å². The molecule has 3 nitrogen and oxygen atoms in total. The summed E-state index contributed by atoms with van der Waals surface area (Å²) in [7, 11) is 0. The Labute approximate surface area is 167 Å². The molecule has 0 heterocycles. The van der Waals surface area contributed by atoms with E-state index in [1.165, 1.54) is 12.8 Å². The molecule has 0 amide bonds. The van der Waals surface area contributed by atoms with Gasteiger partial charge in [-0.25, -0.2) is 0 Å². The number of allylic oxidation sites excluding steroid dienone is 8. The van der Waals surface area contributed by atoms with E-state index in [9.17, 15) is 3.74 Å². The zero-order valence-corrected chi connectivity index (χ0v) is 14.6. The Bertz CT molecular complexity index is 374. The summed E-state index contributed by atoms with van der Waals surface area (Å²) in [6.45, 7) is 0. The van der Waals surface area contributed by atoms with Gasteiger partial charge in [0.15, 0.2) is 0 Å². The molecule has 0 spiro atoms. The SMILES string of the molecule is C1=CC[C]([Hf][C]2=CC=CC2)=C1.C[As](=O)(O)O.[NaH].[NaH].